The lowest BCUT2D eigenvalue weighted by Gasteiger charge is -2.29. The van der Waals surface area contributed by atoms with Crippen LogP contribution in [0, 0.1) is 0 Å². The Kier molecular flexibility index (Phi) is 6.39. The molecule has 0 saturated carbocycles. The van der Waals surface area contributed by atoms with Crippen molar-refractivity contribution in [3.63, 3.8) is 0 Å². The van der Waals surface area contributed by atoms with Gasteiger partial charge >= 0.3 is 0 Å². The van der Waals surface area contributed by atoms with Gasteiger partial charge in [0, 0.05) is 38.4 Å². The Labute approximate surface area is 171 Å². The van der Waals surface area contributed by atoms with Gasteiger partial charge in [-0.1, -0.05) is 0 Å². The van der Waals surface area contributed by atoms with Crippen LogP contribution in [0.2, 0.25) is 0 Å². The van der Waals surface area contributed by atoms with Crippen molar-refractivity contribution in [3.8, 4) is 11.5 Å². The van der Waals surface area contributed by atoms with Crippen molar-refractivity contribution in [2.24, 2.45) is 0 Å². The summed E-state index contributed by atoms with van der Waals surface area (Å²) in [4.78, 5) is 28.0. The van der Waals surface area contributed by atoms with Gasteiger partial charge in [-0.25, -0.2) is 0 Å². The Balaban J connectivity index is 1.60. The number of hydrogen-bond donors (Lipinski definition) is 1. The van der Waals surface area contributed by atoms with E-state index in [1.54, 1.807) is 52.6 Å². The number of anilines is 1. The summed E-state index contributed by atoms with van der Waals surface area (Å²) < 4.78 is 10.8. The highest BCUT2D eigenvalue weighted by Gasteiger charge is 2.21. The molecule has 0 aromatic heterocycles. The monoisotopic (exact) mass is 397 g/mol. The van der Waals surface area contributed by atoms with Gasteiger partial charge in [0.05, 0.1) is 20.8 Å². The van der Waals surface area contributed by atoms with Gasteiger partial charge in [-0.3, -0.25) is 14.5 Å². The Hall–Kier alpha value is -3.06. The molecule has 7 nitrogen and oxygen atoms in total. The molecule has 0 unspecified atom stereocenters. The topological polar surface area (TPSA) is 71.1 Å². The molecule has 0 aliphatic carbocycles. The molecule has 0 spiro atoms. The molecule has 0 atom stereocenters. The number of fused-ring (bicyclic) bond motifs is 1. The Morgan fingerprint density at radius 2 is 1.66 bits per heavy atom. The van der Waals surface area contributed by atoms with Crippen LogP contribution in [-0.2, 0) is 17.8 Å². The maximum Gasteiger partial charge on any atom is 0.253 e. The number of methoxy groups -OCH3 is 2. The smallest absolute Gasteiger partial charge is 0.253 e. The first kappa shape index (κ1) is 20.7. The first-order valence-electron chi connectivity index (χ1n) is 9.49. The zero-order valence-corrected chi connectivity index (χ0v) is 17.3. The second-order valence-corrected chi connectivity index (χ2v) is 7.26. The molecule has 1 N–H and O–H groups in total. The summed E-state index contributed by atoms with van der Waals surface area (Å²) in [6, 6.07) is 10.9. The minimum atomic E-state index is -0.0828. The van der Waals surface area contributed by atoms with Crippen LogP contribution in [0.3, 0.4) is 0 Å². The van der Waals surface area contributed by atoms with Crippen molar-refractivity contribution in [1.82, 2.24) is 9.80 Å². The normalized spacial score (nSPS) is 13.4. The average Bonchev–Trinajstić information content (AvgIpc) is 2.72. The molecule has 0 saturated heterocycles. The molecular formula is C22H27N3O4. The number of carbonyl (C=O) groups excluding carboxylic acids is 2. The van der Waals surface area contributed by atoms with Crippen molar-refractivity contribution >= 4 is 17.5 Å². The maximum atomic E-state index is 12.5. The fourth-order valence-electron chi connectivity index (χ4n) is 3.43. The predicted octanol–water partition coefficient (Wildman–Crippen LogP) is 2.40. The van der Waals surface area contributed by atoms with Gasteiger partial charge in [0.15, 0.2) is 11.5 Å². The van der Waals surface area contributed by atoms with Crippen LogP contribution >= 0.6 is 0 Å². The van der Waals surface area contributed by atoms with E-state index >= 15 is 0 Å². The van der Waals surface area contributed by atoms with E-state index in [9.17, 15) is 9.59 Å². The zero-order valence-electron chi connectivity index (χ0n) is 17.3. The van der Waals surface area contributed by atoms with E-state index in [-0.39, 0.29) is 11.8 Å². The number of rotatable bonds is 6. The van der Waals surface area contributed by atoms with E-state index in [4.69, 9.17) is 9.47 Å². The molecule has 0 bridgehead atoms. The first-order chi connectivity index (χ1) is 13.9. The van der Waals surface area contributed by atoms with Crippen LogP contribution < -0.4 is 14.8 Å². The summed E-state index contributed by atoms with van der Waals surface area (Å²) in [6.07, 6.45) is 0.851. The standard InChI is InChI=1S/C22H27N3O4/c1-24(2)22(27)15-5-7-18(8-6-15)23-21(26)14-25-10-9-16-11-19(28-3)20(29-4)12-17(16)13-25/h5-8,11-12H,9-10,13-14H2,1-4H3,(H,23,26). The number of nitrogens with one attached hydrogen (secondary N) is 1. The van der Waals surface area contributed by atoms with E-state index in [1.165, 1.54) is 10.5 Å². The SMILES string of the molecule is COc1cc2c(cc1OC)CN(CC(=O)Nc1ccc(C(=O)N(C)C)cc1)CC2. The quantitative estimate of drug-likeness (QED) is 0.811. The van der Waals surface area contributed by atoms with Crippen LogP contribution in [0.1, 0.15) is 21.5 Å². The predicted molar refractivity (Wildman–Crippen MR) is 112 cm³/mol. The van der Waals surface area contributed by atoms with Gasteiger partial charge in [-0.2, -0.15) is 0 Å². The van der Waals surface area contributed by atoms with Gasteiger partial charge in [-0.15, -0.1) is 0 Å². The molecule has 0 fully saturated rings. The molecule has 1 aliphatic rings. The maximum absolute atomic E-state index is 12.5. The van der Waals surface area contributed by atoms with Gasteiger partial charge in [0.2, 0.25) is 5.91 Å². The van der Waals surface area contributed by atoms with E-state index in [1.807, 2.05) is 12.1 Å². The number of carbonyl (C=O) groups is 2. The van der Waals surface area contributed by atoms with Crippen LogP contribution in [0.4, 0.5) is 5.69 Å². The summed E-state index contributed by atoms with van der Waals surface area (Å²) in [6.45, 7) is 1.78. The van der Waals surface area contributed by atoms with Gasteiger partial charge < -0.3 is 19.7 Å². The Bertz CT molecular complexity index is 894. The molecule has 154 valence electrons. The molecule has 3 rings (SSSR count). The van der Waals surface area contributed by atoms with Gasteiger partial charge in [0.1, 0.15) is 0 Å². The van der Waals surface area contributed by atoms with Crippen molar-refractivity contribution < 1.29 is 19.1 Å². The van der Waals surface area contributed by atoms with Crippen LogP contribution in [0.5, 0.6) is 11.5 Å². The highest BCUT2D eigenvalue weighted by atomic mass is 16.5. The largest absolute Gasteiger partial charge is 0.493 e. The highest BCUT2D eigenvalue weighted by Crippen LogP contribution is 2.33. The molecule has 1 heterocycles. The average molecular weight is 397 g/mol. The molecule has 29 heavy (non-hydrogen) atoms. The second kappa shape index (κ2) is 8.96. The summed E-state index contributed by atoms with van der Waals surface area (Å²) in [5.41, 5.74) is 3.63. The number of amides is 2. The highest BCUT2D eigenvalue weighted by molar-refractivity contribution is 5.96. The van der Waals surface area contributed by atoms with E-state index in [0.29, 0.717) is 30.1 Å². The fraction of sp³-hybridized carbons (Fsp3) is 0.364. The molecule has 2 aromatic carbocycles. The summed E-state index contributed by atoms with van der Waals surface area (Å²) >= 11 is 0. The first-order valence-corrected chi connectivity index (χ1v) is 9.49. The summed E-state index contributed by atoms with van der Waals surface area (Å²) in [5.74, 6) is 1.28. The molecular weight excluding hydrogens is 370 g/mol. The molecule has 0 radical (unpaired) electrons. The lowest BCUT2D eigenvalue weighted by Crippen LogP contribution is -2.37. The van der Waals surface area contributed by atoms with Crippen LogP contribution in [0.15, 0.2) is 36.4 Å². The third-order valence-electron chi connectivity index (χ3n) is 4.99. The minimum absolute atomic E-state index is 0.0677. The Morgan fingerprint density at radius 1 is 1.03 bits per heavy atom. The van der Waals surface area contributed by atoms with E-state index in [0.717, 1.165) is 24.3 Å². The third kappa shape index (κ3) is 4.86. The summed E-state index contributed by atoms with van der Waals surface area (Å²) in [5, 5.41) is 2.90. The van der Waals surface area contributed by atoms with E-state index in [2.05, 4.69) is 10.2 Å². The molecule has 1 aliphatic heterocycles. The minimum Gasteiger partial charge on any atom is -0.493 e. The van der Waals surface area contributed by atoms with Crippen molar-refractivity contribution in [1.29, 1.82) is 0 Å². The molecule has 2 amide bonds. The van der Waals surface area contributed by atoms with Gasteiger partial charge in [-0.05, 0) is 53.9 Å². The number of nitrogens with zero attached hydrogens (tertiary/aromatic N) is 2. The number of benzene rings is 2. The fourth-order valence-corrected chi connectivity index (χ4v) is 3.43. The number of ether oxygens (including phenoxy) is 2. The number of hydrogen-bond acceptors (Lipinski definition) is 5. The second-order valence-electron chi connectivity index (χ2n) is 7.26. The third-order valence-corrected chi connectivity index (χ3v) is 4.99. The van der Waals surface area contributed by atoms with Crippen molar-refractivity contribution in [3.05, 3.63) is 53.1 Å². The molecule has 7 heteroatoms. The molecule has 2 aromatic rings. The van der Waals surface area contributed by atoms with Crippen molar-refractivity contribution in [2.45, 2.75) is 13.0 Å². The van der Waals surface area contributed by atoms with Crippen LogP contribution in [-0.4, -0.2) is 63.0 Å². The van der Waals surface area contributed by atoms with Gasteiger partial charge in [0.25, 0.3) is 5.91 Å². The lowest BCUT2D eigenvalue weighted by atomic mass is 9.99. The Morgan fingerprint density at radius 3 is 2.24 bits per heavy atom. The van der Waals surface area contributed by atoms with Crippen LogP contribution in [0.25, 0.3) is 0 Å². The zero-order chi connectivity index (χ0) is 21.0. The lowest BCUT2D eigenvalue weighted by molar-refractivity contribution is -0.117. The van der Waals surface area contributed by atoms with Crippen molar-refractivity contribution in [2.75, 3.05) is 46.7 Å². The summed E-state index contributed by atoms with van der Waals surface area (Å²) in [7, 11) is 6.67. The van der Waals surface area contributed by atoms with E-state index < -0.39 is 0 Å².